The van der Waals surface area contributed by atoms with Gasteiger partial charge < -0.3 is 10.4 Å². The molecule has 1 aromatic carbocycles. The quantitative estimate of drug-likeness (QED) is 0.791. The molecule has 1 aromatic rings. The summed E-state index contributed by atoms with van der Waals surface area (Å²) in [5.74, 6) is -1.47. The summed E-state index contributed by atoms with van der Waals surface area (Å²) in [6.07, 6.45) is 1.86. The SMILES string of the molecule is CC(C)(CNC(=O)C1CCCCN1S(=O)(=O)c1ccccc1)C(=O)O. The zero-order valence-electron chi connectivity index (χ0n) is 14.4. The molecule has 1 amide bonds. The number of benzene rings is 1. The molecule has 1 unspecified atom stereocenters. The average molecular weight is 368 g/mol. The molecule has 25 heavy (non-hydrogen) atoms. The van der Waals surface area contributed by atoms with E-state index in [9.17, 15) is 18.0 Å². The molecule has 2 N–H and O–H groups in total. The number of piperidine rings is 1. The Bertz CT molecular complexity index is 731. The second kappa shape index (κ2) is 7.53. The van der Waals surface area contributed by atoms with Gasteiger partial charge >= 0.3 is 5.97 Å². The average Bonchev–Trinajstić information content (AvgIpc) is 2.60. The van der Waals surface area contributed by atoms with Crippen molar-refractivity contribution in [2.45, 2.75) is 44.0 Å². The highest BCUT2D eigenvalue weighted by Crippen LogP contribution is 2.25. The van der Waals surface area contributed by atoms with Crippen LogP contribution in [0.3, 0.4) is 0 Å². The Kier molecular flexibility index (Phi) is 5.84. The van der Waals surface area contributed by atoms with Crippen molar-refractivity contribution in [2.24, 2.45) is 5.41 Å². The summed E-state index contributed by atoms with van der Waals surface area (Å²) in [5.41, 5.74) is -1.12. The molecular formula is C17H24N2O5S. The van der Waals surface area contributed by atoms with Crippen LogP contribution < -0.4 is 5.32 Å². The fourth-order valence-electron chi connectivity index (χ4n) is 2.68. The normalized spacial score (nSPS) is 19.4. The first kappa shape index (κ1) is 19.4. The third-order valence-electron chi connectivity index (χ3n) is 4.39. The lowest BCUT2D eigenvalue weighted by Gasteiger charge is -2.34. The molecule has 1 aliphatic heterocycles. The Labute approximate surface area is 148 Å². The van der Waals surface area contributed by atoms with Gasteiger partial charge in [0.15, 0.2) is 0 Å². The zero-order valence-corrected chi connectivity index (χ0v) is 15.3. The van der Waals surface area contributed by atoms with E-state index in [1.54, 1.807) is 18.2 Å². The van der Waals surface area contributed by atoms with Crippen LogP contribution in [-0.2, 0) is 19.6 Å². The summed E-state index contributed by atoms with van der Waals surface area (Å²) >= 11 is 0. The minimum Gasteiger partial charge on any atom is -0.481 e. The van der Waals surface area contributed by atoms with Crippen LogP contribution in [0.4, 0.5) is 0 Å². The van der Waals surface area contributed by atoms with Gasteiger partial charge in [-0.1, -0.05) is 24.6 Å². The molecule has 1 heterocycles. The Morgan fingerprint density at radius 3 is 2.48 bits per heavy atom. The monoisotopic (exact) mass is 368 g/mol. The standard InChI is InChI=1S/C17H24N2O5S/c1-17(2,16(21)22)12-18-15(20)14-10-6-7-11-19(14)25(23,24)13-8-4-3-5-9-13/h3-5,8-9,14H,6-7,10-12H2,1-2H3,(H,18,20)(H,21,22). The molecule has 138 valence electrons. The predicted molar refractivity (Wildman–Crippen MR) is 92.4 cm³/mol. The molecule has 1 saturated heterocycles. The van der Waals surface area contributed by atoms with E-state index in [0.29, 0.717) is 12.8 Å². The number of carboxylic acids is 1. The second-order valence-corrected chi connectivity index (χ2v) is 8.74. The van der Waals surface area contributed by atoms with E-state index in [1.165, 1.54) is 30.3 Å². The van der Waals surface area contributed by atoms with Crippen LogP contribution in [0.1, 0.15) is 33.1 Å². The number of carboxylic acid groups (broad SMARTS) is 1. The number of nitrogens with one attached hydrogen (secondary N) is 1. The highest BCUT2D eigenvalue weighted by Gasteiger charge is 2.38. The van der Waals surface area contributed by atoms with Gasteiger partial charge in [-0.15, -0.1) is 0 Å². The van der Waals surface area contributed by atoms with Crippen LogP contribution >= 0.6 is 0 Å². The molecule has 0 aliphatic carbocycles. The molecule has 2 rings (SSSR count). The molecular weight excluding hydrogens is 344 g/mol. The van der Waals surface area contributed by atoms with Crippen molar-refractivity contribution in [2.75, 3.05) is 13.1 Å². The van der Waals surface area contributed by atoms with Gasteiger partial charge in [-0.05, 0) is 38.8 Å². The number of hydrogen-bond acceptors (Lipinski definition) is 4. The van der Waals surface area contributed by atoms with Crippen molar-refractivity contribution >= 4 is 21.9 Å². The van der Waals surface area contributed by atoms with Crippen LogP contribution in [-0.4, -0.2) is 48.8 Å². The van der Waals surface area contributed by atoms with Gasteiger partial charge in [0, 0.05) is 13.1 Å². The largest absolute Gasteiger partial charge is 0.481 e. The van der Waals surface area contributed by atoms with Gasteiger partial charge in [0.2, 0.25) is 15.9 Å². The lowest BCUT2D eigenvalue weighted by molar-refractivity contribution is -0.146. The van der Waals surface area contributed by atoms with Gasteiger partial charge in [0.05, 0.1) is 10.3 Å². The maximum absolute atomic E-state index is 12.9. The van der Waals surface area contributed by atoms with E-state index in [0.717, 1.165) is 6.42 Å². The number of carbonyl (C=O) groups is 2. The molecule has 0 bridgehead atoms. The molecule has 0 aromatic heterocycles. The summed E-state index contributed by atoms with van der Waals surface area (Å²) in [7, 11) is -3.77. The molecule has 8 heteroatoms. The first-order valence-corrected chi connectivity index (χ1v) is 9.68. The summed E-state index contributed by atoms with van der Waals surface area (Å²) in [4.78, 5) is 23.9. The van der Waals surface area contributed by atoms with Gasteiger partial charge in [-0.2, -0.15) is 4.31 Å². The van der Waals surface area contributed by atoms with Crippen molar-refractivity contribution in [3.8, 4) is 0 Å². The predicted octanol–water partition coefficient (Wildman–Crippen LogP) is 1.46. The van der Waals surface area contributed by atoms with E-state index in [4.69, 9.17) is 5.11 Å². The van der Waals surface area contributed by atoms with E-state index in [2.05, 4.69) is 5.32 Å². The summed E-state index contributed by atoms with van der Waals surface area (Å²) in [6.45, 7) is 3.23. The lowest BCUT2D eigenvalue weighted by Crippen LogP contribution is -2.53. The maximum Gasteiger partial charge on any atom is 0.310 e. The molecule has 0 saturated carbocycles. The molecule has 1 fully saturated rings. The topological polar surface area (TPSA) is 104 Å². The molecule has 1 atom stereocenters. The van der Waals surface area contributed by atoms with Crippen LogP contribution in [0.25, 0.3) is 0 Å². The molecule has 1 aliphatic rings. The van der Waals surface area contributed by atoms with Crippen LogP contribution in [0.15, 0.2) is 35.2 Å². The number of sulfonamides is 1. The third-order valence-corrected chi connectivity index (χ3v) is 6.31. The van der Waals surface area contributed by atoms with Crippen molar-refractivity contribution in [1.29, 1.82) is 0 Å². The smallest absolute Gasteiger partial charge is 0.310 e. The highest BCUT2D eigenvalue weighted by molar-refractivity contribution is 7.89. The summed E-state index contributed by atoms with van der Waals surface area (Å²) < 4.78 is 27.0. The minimum atomic E-state index is -3.77. The first-order valence-electron chi connectivity index (χ1n) is 8.24. The summed E-state index contributed by atoms with van der Waals surface area (Å²) in [5, 5.41) is 11.7. The molecule has 0 spiro atoms. The van der Waals surface area contributed by atoms with Crippen molar-refractivity contribution in [1.82, 2.24) is 9.62 Å². The fourth-order valence-corrected chi connectivity index (χ4v) is 4.36. The van der Waals surface area contributed by atoms with Gasteiger partial charge in [-0.3, -0.25) is 9.59 Å². The Balaban J connectivity index is 2.18. The van der Waals surface area contributed by atoms with E-state index in [-0.39, 0.29) is 18.0 Å². The van der Waals surface area contributed by atoms with Crippen LogP contribution in [0, 0.1) is 5.41 Å². The lowest BCUT2D eigenvalue weighted by atomic mass is 9.93. The second-order valence-electron chi connectivity index (χ2n) is 6.85. The van der Waals surface area contributed by atoms with E-state index < -0.39 is 33.4 Å². The van der Waals surface area contributed by atoms with Gasteiger partial charge in [-0.25, -0.2) is 8.42 Å². The van der Waals surface area contributed by atoms with E-state index in [1.807, 2.05) is 0 Å². The number of amides is 1. The molecule has 7 nitrogen and oxygen atoms in total. The number of carbonyl (C=O) groups excluding carboxylic acids is 1. The number of nitrogens with zero attached hydrogens (tertiary/aromatic N) is 1. The summed E-state index contributed by atoms with van der Waals surface area (Å²) in [6, 6.07) is 7.21. The maximum atomic E-state index is 12.9. The number of aliphatic carboxylic acids is 1. The zero-order chi connectivity index (χ0) is 18.7. The van der Waals surface area contributed by atoms with Crippen molar-refractivity contribution in [3.05, 3.63) is 30.3 Å². The highest BCUT2D eigenvalue weighted by atomic mass is 32.2. The minimum absolute atomic E-state index is 0.0586. The van der Waals surface area contributed by atoms with Crippen molar-refractivity contribution in [3.63, 3.8) is 0 Å². The van der Waals surface area contributed by atoms with Gasteiger partial charge in [0.25, 0.3) is 0 Å². The number of rotatable bonds is 6. The Hall–Kier alpha value is -1.93. The van der Waals surface area contributed by atoms with Crippen LogP contribution in [0.5, 0.6) is 0 Å². The first-order chi connectivity index (χ1) is 11.7. The number of hydrogen-bond donors (Lipinski definition) is 2. The Morgan fingerprint density at radius 1 is 1.24 bits per heavy atom. The van der Waals surface area contributed by atoms with Crippen LogP contribution in [0.2, 0.25) is 0 Å². The molecule has 0 radical (unpaired) electrons. The van der Waals surface area contributed by atoms with E-state index >= 15 is 0 Å². The fraction of sp³-hybridized carbons (Fsp3) is 0.529. The third kappa shape index (κ3) is 4.38. The van der Waals surface area contributed by atoms with Gasteiger partial charge in [0.1, 0.15) is 6.04 Å². The Morgan fingerprint density at radius 2 is 1.88 bits per heavy atom. The van der Waals surface area contributed by atoms with Crippen molar-refractivity contribution < 1.29 is 23.1 Å².